The van der Waals surface area contributed by atoms with Crippen molar-refractivity contribution in [1.82, 2.24) is 0 Å². The van der Waals surface area contributed by atoms with Crippen LogP contribution in [0.2, 0.25) is 5.02 Å². The highest BCUT2D eigenvalue weighted by Crippen LogP contribution is 2.25. The number of hydrogen-bond donors (Lipinski definition) is 3. The third-order valence-corrected chi connectivity index (χ3v) is 3.41. The molecule has 3 N–H and O–H groups in total. The molecule has 0 aliphatic carbocycles. The van der Waals surface area contributed by atoms with Gasteiger partial charge >= 0.3 is 0 Å². The number of hydrogen-bond acceptors (Lipinski definition) is 4. The smallest absolute Gasteiger partial charge is 0.266 e. The van der Waals surface area contributed by atoms with E-state index < -0.39 is 5.91 Å². The maximum Gasteiger partial charge on any atom is 0.266 e. The predicted molar refractivity (Wildman–Crippen MR) is 96.1 cm³/mol. The van der Waals surface area contributed by atoms with Crippen molar-refractivity contribution in [1.29, 1.82) is 5.26 Å². The number of carbonyl (C=O) groups excluding carboxylic acids is 2. The van der Waals surface area contributed by atoms with E-state index in [4.69, 9.17) is 11.6 Å². The van der Waals surface area contributed by atoms with E-state index in [1.54, 1.807) is 24.3 Å². The average Bonchev–Trinajstić information content (AvgIpc) is 2.57. The minimum Gasteiger partial charge on any atom is -0.506 e. The number of halogens is 1. The normalized spacial score (nSPS) is 10.7. The van der Waals surface area contributed by atoms with Crippen molar-refractivity contribution in [2.24, 2.45) is 0 Å². The molecule has 7 heteroatoms. The summed E-state index contributed by atoms with van der Waals surface area (Å²) in [5, 5.41) is 23.9. The second kappa shape index (κ2) is 7.99. The van der Waals surface area contributed by atoms with Gasteiger partial charge in [-0.15, -0.1) is 0 Å². The van der Waals surface area contributed by atoms with Gasteiger partial charge in [-0.3, -0.25) is 9.59 Å². The number of rotatable bonds is 4. The third kappa shape index (κ3) is 5.09. The molecule has 0 aliphatic rings. The predicted octanol–water partition coefficient (Wildman–Crippen LogP) is 3.55. The van der Waals surface area contributed by atoms with Crippen molar-refractivity contribution < 1.29 is 14.7 Å². The Morgan fingerprint density at radius 3 is 2.24 bits per heavy atom. The standard InChI is InChI=1S/C18H14ClN3O3/c1-11(23)21-14-3-5-15(6-4-14)22-18(25)13(10-20)8-12-2-7-17(24)16(19)9-12/h2-9,24H,1H3,(H,21,23)(H,22,25). The van der Waals surface area contributed by atoms with Crippen molar-refractivity contribution in [3.8, 4) is 11.8 Å². The van der Waals surface area contributed by atoms with Gasteiger partial charge in [-0.1, -0.05) is 17.7 Å². The van der Waals surface area contributed by atoms with E-state index in [9.17, 15) is 20.0 Å². The number of benzene rings is 2. The molecule has 0 radical (unpaired) electrons. The van der Waals surface area contributed by atoms with Crippen LogP contribution in [0.3, 0.4) is 0 Å². The van der Waals surface area contributed by atoms with Gasteiger partial charge in [0, 0.05) is 18.3 Å². The topological polar surface area (TPSA) is 102 Å². The number of nitrogens with zero attached hydrogens (tertiary/aromatic N) is 1. The lowest BCUT2D eigenvalue weighted by Gasteiger charge is -2.06. The van der Waals surface area contributed by atoms with E-state index in [1.165, 1.54) is 31.2 Å². The second-order valence-corrected chi connectivity index (χ2v) is 5.50. The van der Waals surface area contributed by atoms with Crippen LogP contribution < -0.4 is 10.6 Å². The maximum atomic E-state index is 12.2. The zero-order valence-electron chi connectivity index (χ0n) is 13.2. The maximum absolute atomic E-state index is 12.2. The highest BCUT2D eigenvalue weighted by atomic mass is 35.5. The minimum absolute atomic E-state index is 0.0824. The molecule has 0 bridgehead atoms. The molecule has 0 saturated heterocycles. The first-order valence-corrected chi connectivity index (χ1v) is 7.56. The molecule has 2 rings (SSSR count). The minimum atomic E-state index is -0.584. The SMILES string of the molecule is CC(=O)Nc1ccc(NC(=O)C(C#N)=Cc2ccc(O)c(Cl)c2)cc1. The molecule has 2 aromatic rings. The Morgan fingerprint density at radius 1 is 1.12 bits per heavy atom. The zero-order chi connectivity index (χ0) is 18.4. The summed E-state index contributed by atoms with van der Waals surface area (Å²) in [6.45, 7) is 1.40. The van der Waals surface area contributed by atoms with Gasteiger partial charge in [-0.25, -0.2) is 0 Å². The van der Waals surface area contributed by atoms with Crippen molar-refractivity contribution in [2.45, 2.75) is 6.92 Å². The van der Waals surface area contributed by atoms with E-state index in [0.29, 0.717) is 16.9 Å². The number of phenols is 1. The van der Waals surface area contributed by atoms with Crippen molar-refractivity contribution in [3.63, 3.8) is 0 Å². The number of anilines is 2. The first-order chi connectivity index (χ1) is 11.9. The molecule has 0 fully saturated rings. The van der Waals surface area contributed by atoms with Gasteiger partial charge in [0.1, 0.15) is 17.4 Å². The Bertz CT molecular complexity index is 883. The van der Waals surface area contributed by atoms with E-state index in [1.807, 2.05) is 6.07 Å². The lowest BCUT2D eigenvalue weighted by atomic mass is 10.1. The van der Waals surface area contributed by atoms with Gasteiger partial charge in [0.15, 0.2) is 0 Å². The Morgan fingerprint density at radius 2 is 1.72 bits per heavy atom. The summed E-state index contributed by atoms with van der Waals surface area (Å²) in [7, 11) is 0. The van der Waals surface area contributed by atoms with Crippen LogP contribution in [0, 0.1) is 11.3 Å². The van der Waals surface area contributed by atoms with Gasteiger partial charge in [0.25, 0.3) is 5.91 Å². The lowest BCUT2D eigenvalue weighted by molar-refractivity contribution is -0.114. The molecular formula is C18H14ClN3O3. The summed E-state index contributed by atoms with van der Waals surface area (Å²) in [6.07, 6.45) is 1.37. The van der Waals surface area contributed by atoms with Crippen molar-refractivity contribution >= 4 is 40.9 Å². The molecule has 2 amide bonds. The summed E-state index contributed by atoms with van der Waals surface area (Å²) in [4.78, 5) is 23.2. The van der Waals surface area contributed by atoms with Crippen LogP contribution in [-0.4, -0.2) is 16.9 Å². The van der Waals surface area contributed by atoms with Crippen molar-refractivity contribution in [3.05, 3.63) is 58.6 Å². The average molecular weight is 356 g/mol. The molecule has 0 unspecified atom stereocenters. The van der Waals surface area contributed by atoms with E-state index in [2.05, 4.69) is 10.6 Å². The molecule has 126 valence electrons. The number of phenolic OH excluding ortho intramolecular Hbond substituents is 1. The van der Waals surface area contributed by atoms with Crippen LogP contribution in [0.15, 0.2) is 48.0 Å². The fraction of sp³-hybridized carbons (Fsp3) is 0.0556. The Kier molecular flexibility index (Phi) is 5.77. The highest BCUT2D eigenvalue weighted by Gasteiger charge is 2.10. The van der Waals surface area contributed by atoms with E-state index in [0.717, 1.165) is 0 Å². The summed E-state index contributed by atoms with van der Waals surface area (Å²) in [5.74, 6) is -0.862. The van der Waals surface area contributed by atoms with Crippen LogP contribution in [0.1, 0.15) is 12.5 Å². The van der Waals surface area contributed by atoms with Crippen LogP contribution in [0.4, 0.5) is 11.4 Å². The first kappa shape index (κ1) is 18.0. The van der Waals surface area contributed by atoms with Gasteiger partial charge in [-0.2, -0.15) is 5.26 Å². The third-order valence-electron chi connectivity index (χ3n) is 3.11. The molecule has 6 nitrogen and oxygen atoms in total. The monoisotopic (exact) mass is 355 g/mol. The fourth-order valence-corrected chi connectivity index (χ4v) is 2.16. The molecule has 2 aromatic carbocycles. The number of nitriles is 1. The second-order valence-electron chi connectivity index (χ2n) is 5.09. The number of carbonyl (C=O) groups is 2. The number of amides is 2. The molecule has 0 spiro atoms. The highest BCUT2D eigenvalue weighted by molar-refractivity contribution is 6.32. The van der Waals surface area contributed by atoms with Gasteiger partial charge in [0.05, 0.1) is 5.02 Å². The quantitative estimate of drug-likeness (QED) is 0.576. The Labute approximate surface area is 149 Å². The Hall–Kier alpha value is -3.30. The molecular weight excluding hydrogens is 342 g/mol. The van der Waals surface area contributed by atoms with Crippen molar-refractivity contribution in [2.75, 3.05) is 10.6 Å². The zero-order valence-corrected chi connectivity index (χ0v) is 14.0. The largest absolute Gasteiger partial charge is 0.506 e. The Balaban J connectivity index is 2.14. The van der Waals surface area contributed by atoms with Crippen LogP contribution in [-0.2, 0) is 9.59 Å². The van der Waals surface area contributed by atoms with E-state index >= 15 is 0 Å². The molecule has 0 aliphatic heterocycles. The van der Waals surface area contributed by atoms with Crippen LogP contribution in [0.5, 0.6) is 5.75 Å². The molecule has 25 heavy (non-hydrogen) atoms. The van der Waals surface area contributed by atoms with Gasteiger partial charge in [-0.05, 0) is 48.0 Å². The fourth-order valence-electron chi connectivity index (χ4n) is 1.97. The summed E-state index contributed by atoms with van der Waals surface area (Å²) >= 11 is 5.81. The van der Waals surface area contributed by atoms with E-state index in [-0.39, 0.29) is 22.3 Å². The lowest BCUT2D eigenvalue weighted by Crippen LogP contribution is -2.13. The molecule has 0 saturated carbocycles. The van der Waals surface area contributed by atoms with Gasteiger partial charge in [0.2, 0.25) is 5.91 Å². The molecule has 0 atom stereocenters. The first-order valence-electron chi connectivity index (χ1n) is 7.18. The summed E-state index contributed by atoms with van der Waals surface area (Å²) < 4.78 is 0. The van der Waals surface area contributed by atoms with Gasteiger partial charge < -0.3 is 15.7 Å². The molecule has 0 aromatic heterocycles. The number of aromatic hydroxyl groups is 1. The summed E-state index contributed by atoms with van der Waals surface area (Å²) in [6, 6.07) is 12.7. The van der Waals surface area contributed by atoms with Crippen LogP contribution in [0.25, 0.3) is 6.08 Å². The summed E-state index contributed by atoms with van der Waals surface area (Å²) in [5.41, 5.74) is 1.47. The number of nitrogens with one attached hydrogen (secondary N) is 2. The van der Waals surface area contributed by atoms with Crippen LogP contribution >= 0.6 is 11.6 Å². The molecule has 0 heterocycles.